The largest absolute Gasteiger partial charge is 0.398 e. The van der Waals surface area contributed by atoms with Crippen LogP contribution in [0.1, 0.15) is 15.9 Å². The Morgan fingerprint density at radius 3 is 2.58 bits per heavy atom. The van der Waals surface area contributed by atoms with Crippen LogP contribution in [-0.2, 0) is 6.54 Å². The van der Waals surface area contributed by atoms with E-state index in [4.69, 9.17) is 28.9 Å². The molecule has 1 amide bonds. The number of nitrogens with zero attached hydrogens (tertiary/aromatic N) is 1. The van der Waals surface area contributed by atoms with Crippen LogP contribution < -0.4 is 10.6 Å². The topological polar surface area (TPSA) is 46.3 Å². The maximum atomic E-state index is 12.3. The fraction of sp³-hybridized carbons (Fsp3) is 0.0714. The molecule has 1 heterocycles. The van der Waals surface area contributed by atoms with Gasteiger partial charge in [0.15, 0.2) is 0 Å². The molecule has 0 radical (unpaired) electrons. The van der Waals surface area contributed by atoms with Crippen molar-refractivity contribution in [1.29, 1.82) is 0 Å². The molecular weight excluding hydrogens is 283 g/mol. The molecule has 2 N–H and O–H groups in total. The van der Waals surface area contributed by atoms with Crippen LogP contribution in [-0.4, -0.2) is 5.91 Å². The summed E-state index contributed by atoms with van der Waals surface area (Å²) < 4.78 is 0. The van der Waals surface area contributed by atoms with Gasteiger partial charge in [0.2, 0.25) is 0 Å². The van der Waals surface area contributed by atoms with Crippen molar-refractivity contribution in [3.05, 3.63) is 57.6 Å². The second-order valence-corrected chi connectivity index (χ2v) is 5.18. The molecule has 5 heteroatoms. The predicted molar refractivity (Wildman–Crippen MR) is 77.8 cm³/mol. The van der Waals surface area contributed by atoms with Crippen LogP contribution in [0.15, 0.2) is 36.4 Å². The molecule has 0 fully saturated rings. The van der Waals surface area contributed by atoms with Crippen molar-refractivity contribution in [2.75, 3.05) is 10.6 Å². The molecule has 0 aliphatic carbocycles. The molecule has 2 aromatic carbocycles. The lowest BCUT2D eigenvalue weighted by molar-refractivity contribution is 0.0996. The van der Waals surface area contributed by atoms with Gasteiger partial charge >= 0.3 is 0 Å². The van der Waals surface area contributed by atoms with E-state index in [0.717, 1.165) is 11.3 Å². The molecular formula is C14H10Cl2N2O. The number of hydrogen-bond donors (Lipinski definition) is 1. The Labute approximate surface area is 120 Å². The highest BCUT2D eigenvalue weighted by molar-refractivity contribution is 6.42. The number of hydrogen-bond acceptors (Lipinski definition) is 2. The van der Waals surface area contributed by atoms with Crippen LogP contribution in [0.2, 0.25) is 10.0 Å². The molecule has 0 saturated carbocycles. The first-order valence-corrected chi connectivity index (χ1v) is 6.48. The second kappa shape index (κ2) is 4.44. The van der Waals surface area contributed by atoms with Gasteiger partial charge in [-0.1, -0.05) is 29.3 Å². The number of carbonyl (C=O) groups is 1. The average molecular weight is 293 g/mol. The first-order valence-electron chi connectivity index (χ1n) is 5.72. The van der Waals surface area contributed by atoms with E-state index >= 15 is 0 Å². The van der Waals surface area contributed by atoms with Crippen LogP contribution in [0.25, 0.3) is 0 Å². The standard InChI is InChI=1S/C14H10Cl2N2O/c15-11-5-4-8(6-12(11)16)18-7-10-9(14(18)19)2-1-3-13(10)17/h1-6H,7,17H2. The van der Waals surface area contributed by atoms with Crippen LogP contribution >= 0.6 is 23.2 Å². The summed E-state index contributed by atoms with van der Waals surface area (Å²) in [5.74, 6) is -0.0688. The SMILES string of the molecule is Nc1cccc2c1CN(c1ccc(Cl)c(Cl)c1)C2=O. The molecule has 0 saturated heterocycles. The zero-order chi connectivity index (χ0) is 13.6. The van der Waals surface area contributed by atoms with Crippen molar-refractivity contribution in [3.8, 4) is 0 Å². The maximum Gasteiger partial charge on any atom is 0.259 e. The summed E-state index contributed by atoms with van der Waals surface area (Å²) in [4.78, 5) is 14.0. The third-order valence-corrected chi connectivity index (χ3v) is 3.96. The van der Waals surface area contributed by atoms with Gasteiger partial charge < -0.3 is 10.6 Å². The molecule has 0 spiro atoms. The summed E-state index contributed by atoms with van der Waals surface area (Å²) in [5, 5.41) is 0.894. The Morgan fingerprint density at radius 2 is 1.89 bits per heavy atom. The Kier molecular flexibility index (Phi) is 2.88. The molecule has 0 atom stereocenters. The van der Waals surface area contributed by atoms with Gasteiger partial charge in [0.25, 0.3) is 5.91 Å². The van der Waals surface area contributed by atoms with Crippen LogP contribution in [0.4, 0.5) is 11.4 Å². The van der Waals surface area contributed by atoms with E-state index in [1.165, 1.54) is 0 Å². The summed E-state index contributed by atoms with van der Waals surface area (Å²) >= 11 is 11.9. The zero-order valence-corrected chi connectivity index (χ0v) is 11.4. The summed E-state index contributed by atoms with van der Waals surface area (Å²) in [6, 6.07) is 10.5. The molecule has 2 aromatic rings. The lowest BCUT2D eigenvalue weighted by atomic mass is 10.1. The van der Waals surface area contributed by atoms with Gasteiger partial charge in [-0.05, 0) is 30.3 Å². The number of nitrogens with two attached hydrogens (primary N) is 1. The number of fused-ring (bicyclic) bond motifs is 1. The van der Waals surface area contributed by atoms with E-state index in [1.54, 1.807) is 41.3 Å². The van der Waals surface area contributed by atoms with Crippen molar-refractivity contribution < 1.29 is 4.79 Å². The molecule has 3 rings (SSSR count). The van der Waals surface area contributed by atoms with Crippen LogP contribution in [0.5, 0.6) is 0 Å². The quantitative estimate of drug-likeness (QED) is 0.814. The van der Waals surface area contributed by atoms with Gasteiger partial charge in [0.1, 0.15) is 0 Å². The number of halogens is 2. The molecule has 1 aliphatic heterocycles. The monoisotopic (exact) mass is 292 g/mol. The van der Waals surface area contributed by atoms with E-state index in [0.29, 0.717) is 27.8 Å². The van der Waals surface area contributed by atoms with E-state index in [2.05, 4.69) is 0 Å². The summed E-state index contributed by atoms with van der Waals surface area (Å²) in [6.07, 6.45) is 0. The van der Waals surface area contributed by atoms with Gasteiger partial charge in [0, 0.05) is 22.5 Å². The number of rotatable bonds is 1. The minimum Gasteiger partial charge on any atom is -0.398 e. The molecule has 3 nitrogen and oxygen atoms in total. The highest BCUT2D eigenvalue weighted by atomic mass is 35.5. The van der Waals surface area contributed by atoms with Crippen molar-refractivity contribution >= 4 is 40.5 Å². The minimum atomic E-state index is -0.0688. The molecule has 0 aromatic heterocycles. The molecule has 0 unspecified atom stereocenters. The van der Waals surface area contributed by atoms with E-state index in [1.807, 2.05) is 0 Å². The number of benzene rings is 2. The number of carbonyl (C=O) groups excluding carboxylic acids is 1. The summed E-state index contributed by atoms with van der Waals surface area (Å²) in [6.45, 7) is 0.457. The van der Waals surface area contributed by atoms with E-state index in [-0.39, 0.29) is 5.91 Å². The zero-order valence-electron chi connectivity index (χ0n) is 9.86. The van der Waals surface area contributed by atoms with Crippen LogP contribution in [0, 0.1) is 0 Å². The van der Waals surface area contributed by atoms with E-state index < -0.39 is 0 Å². The smallest absolute Gasteiger partial charge is 0.259 e. The number of nitrogen functional groups attached to an aromatic ring is 1. The third-order valence-electron chi connectivity index (χ3n) is 3.22. The Morgan fingerprint density at radius 1 is 1.11 bits per heavy atom. The predicted octanol–water partition coefficient (Wildman–Crippen LogP) is 3.74. The van der Waals surface area contributed by atoms with Gasteiger partial charge in [-0.25, -0.2) is 0 Å². The van der Waals surface area contributed by atoms with Crippen LogP contribution in [0.3, 0.4) is 0 Å². The Balaban J connectivity index is 2.04. The number of anilines is 2. The van der Waals surface area contributed by atoms with Gasteiger partial charge in [-0.15, -0.1) is 0 Å². The summed E-state index contributed by atoms with van der Waals surface area (Å²) in [7, 11) is 0. The molecule has 0 bridgehead atoms. The minimum absolute atomic E-state index is 0.0688. The van der Waals surface area contributed by atoms with Crippen molar-refractivity contribution in [1.82, 2.24) is 0 Å². The fourth-order valence-corrected chi connectivity index (χ4v) is 2.51. The molecule has 19 heavy (non-hydrogen) atoms. The Hall–Kier alpha value is -1.71. The van der Waals surface area contributed by atoms with Crippen molar-refractivity contribution in [2.24, 2.45) is 0 Å². The highest BCUT2D eigenvalue weighted by Crippen LogP contribution is 2.34. The third kappa shape index (κ3) is 1.95. The Bertz CT molecular complexity index is 685. The maximum absolute atomic E-state index is 12.3. The highest BCUT2D eigenvalue weighted by Gasteiger charge is 2.29. The van der Waals surface area contributed by atoms with Crippen molar-refractivity contribution in [3.63, 3.8) is 0 Å². The molecule has 1 aliphatic rings. The van der Waals surface area contributed by atoms with Crippen molar-refractivity contribution in [2.45, 2.75) is 6.54 Å². The van der Waals surface area contributed by atoms with E-state index in [9.17, 15) is 4.79 Å². The molecule has 96 valence electrons. The number of amides is 1. The lowest BCUT2D eigenvalue weighted by Crippen LogP contribution is -2.22. The van der Waals surface area contributed by atoms with Gasteiger partial charge in [0.05, 0.1) is 16.6 Å². The normalized spacial score (nSPS) is 13.8. The fourth-order valence-electron chi connectivity index (χ4n) is 2.22. The lowest BCUT2D eigenvalue weighted by Gasteiger charge is -2.16. The first kappa shape index (κ1) is 12.3. The first-order chi connectivity index (χ1) is 9.08. The van der Waals surface area contributed by atoms with Gasteiger partial charge in [-0.3, -0.25) is 4.79 Å². The average Bonchev–Trinajstić information content (AvgIpc) is 2.72. The second-order valence-electron chi connectivity index (χ2n) is 4.36. The van der Waals surface area contributed by atoms with Gasteiger partial charge in [-0.2, -0.15) is 0 Å². The summed E-state index contributed by atoms with van der Waals surface area (Å²) in [5.41, 5.74) is 8.76.